The fourth-order valence-electron chi connectivity index (χ4n) is 5.22. The Bertz CT molecular complexity index is 1100. The zero-order valence-corrected chi connectivity index (χ0v) is 23.0. The molecule has 2 aromatic rings. The number of ether oxygens (including phenoxy) is 1. The Hall–Kier alpha value is -1.86. The number of fused-ring (bicyclic) bond motifs is 1. The SMILES string of the molecule is CC(=O)N[C@@H](Cc1ccc(Cl)c(Cl)c1)[C@H](O)CN[C@H]1CC2(CCC2)Oc2ncc(CC(C)(C)C)cc21. The molecule has 3 N–H and O–H groups in total. The number of carbonyl (C=O) groups is 1. The van der Waals surface area contributed by atoms with Crippen molar-refractivity contribution >= 4 is 29.1 Å². The summed E-state index contributed by atoms with van der Waals surface area (Å²) in [6.07, 6.45) is 6.50. The first-order valence-corrected chi connectivity index (χ1v) is 13.5. The summed E-state index contributed by atoms with van der Waals surface area (Å²) in [6.45, 7) is 8.42. The Balaban J connectivity index is 1.50. The summed E-state index contributed by atoms with van der Waals surface area (Å²) >= 11 is 12.2. The molecule has 1 spiro atoms. The molecule has 36 heavy (non-hydrogen) atoms. The van der Waals surface area contributed by atoms with E-state index in [9.17, 15) is 9.90 Å². The van der Waals surface area contributed by atoms with Crippen molar-refractivity contribution in [2.75, 3.05) is 6.54 Å². The van der Waals surface area contributed by atoms with Crippen LogP contribution >= 0.6 is 23.2 Å². The Labute approximate surface area is 224 Å². The first-order chi connectivity index (χ1) is 16.9. The van der Waals surface area contributed by atoms with Gasteiger partial charge in [0, 0.05) is 37.7 Å². The lowest BCUT2D eigenvalue weighted by Gasteiger charge is -2.47. The maximum Gasteiger partial charge on any atom is 0.218 e. The lowest BCUT2D eigenvalue weighted by Crippen LogP contribution is -2.52. The number of nitrogens with one attached hydrogen (secondary N) is 2. The monoisotopic (exact) mass is 533 g/mol. The number of carbonyl (C=O) groups excluding carboxylic acids is 1. The minimum Gasteiger partial charge on any atom is -0.471 e. The Morgan fingerprint density at radius 3 is 2.58 bits per heavy atom. The van der Waals surface area contributed by atoms with Crippen LogP contribution in [0.15, 0.2) is 30.5 Å². The third-order valence-corrected chi connectivity index (χ3v) is 7.80. The smallest absolute Gasteiger partial charge is 0.218 e. The molecule has 0 bridgehead atoms. The van der Waals surface area contributed by atoms with E-state index in [2.05, 4.69) is 37.5 Å². The van der Waals surface area contributed by atoms with Gasteiger partial charge in [0.2, 0.25) is 11.8 Å². The largest absolute Gasteiger partial charge is 0.471 e. The fourth-order valence-corrected chi connectivity index (χ4v) is 5.54. The number of amides is 1. The number of hydrogen-bond acceptors (Lipinski definition) is 5. The summed E-state index contributed by atoms with van der Waals surface area (Å²) in [6, 6.07) is 7.10. The predicted molar refractivity (Wildman–Crippen MR) is 144 cm³/mol. The van der Waals surface area contributed by atoms with Crippen LogP contribution in [0.3, 0.4) is 0 Å². The maximum atomic E-state index is 11.9. The van der Waals surface area contributed by atoms with Crippen LogP contribution in [-0.4, -0.2) is 40.3 Å². The molecule has 6 nitrogen and oxygen atoms in total. The molecule has 1 aliphatic heterocycles. The highest BCUT2D eigenvalue weighted by molar-refractivity contribution is 6.42. The van der Waals surface area contributed by atoms with Gasteiger partial charge in [-0.2, -0.15) is 0 Å². The van der Waals surface area contributed by atoms with Crippen molar-refractivity contribution in [2.45, 2.75) is 90.0 Å². The molecule has 1 aliphatic carbocycles. The van der Waals surface area contributed by atoms with Crippen molar-refractivity contribution in [1.29, 1.82) is 0 Å². The van der Waals surface area contributed by atoms with E-state index in [-0.39, 0.29) is 23.0 Å². The second kappa shape index (κ2) is 10.9. The van der Waals surface area contributed by atoms with E-state index in [1.54, 1.807) is 12.1 Å². The van der Waals surface area contributed by atoms with Crippen molar-refractivity contribution in [3.63, 3.8) is 0 Å². The van der Waals surface area contributed by atoms with Crippen LogP contribution in [-0.2, 0) is 17.6 Å². The van der Waals surface area contributed by atoms with Gasteiger partial charge in [-0.3, -0.25) is 4.79 Å². The van der Waals surface area contributed by atoms with Gasteiger partial charge in [-0.1, -0.05) is 50.0 Å². The first-order valence-electron chi connectivity index (χ1n) is 12.7. The van der Waals surface area contributed by atoms with E-state index >= 15 is 0 Å². The predicted octanol–water partition coefficient (Wildman–Crippen LogP) is 5.42. The molecule has 4 rings (SSSR count). The second-order valence-electron chi connectivity index (χ2n) is 11.6. The molecule has 0 radical (unpaired) electrons. The number of nitrogens with zero attached hydrogens (tertiary/aromatic N) is 1. The van der Waals surface area contributed by atoms with E-state index in [0.717, 1.165) is 43.2 Å². The van der Waals surface area contributed by atoms with E-state index in [1.165, 1.54) is 12.5 Å². The minimum atomic E-state index is -0.808. The Kier molecular flexibility index (Phi) is 8.20. The van der Waals surface area contributed by atoms with Gasteiger partial charge in [-0.05, 0) is 66.8 Å². The number of benzene rings is 1. The average molecular weight is 535 g/mol. The van der Waals surface area contributed by atoms with Gasteiger partial charge >= 0.3 is 0 Å². The normalized spacial score (nSPS) is 20.1. The molecule has 0 unspecified atom stereocenters. The van der Waals surface area contributed by atoms with E-state index in [1.807, 2.05) is 12.3 Å². The Morgan fingerprint density at radius 1 is 1.22 bits per heavy atom. The molecule has 8 heteroatoms. The number of aromatic nitrogens is 1. The molecule has 0 saturated heterocycles. The first kappa shape index (κ1) is 27.2. The lowest BCUT2D eigenvalue weighted by molar-refractivity contribution is -0.120. The molecule has 2 heterocycles. The van der Waals surface area contributed by atoms with E-state index in [0.29, 0.717) is 28.9 Å². The van der Waals surface area contributed by atoms with Gasteiger partial charge < -0.3 is 20.5 Å². The fraction of sp³-hybridized carbons (Fsp3) is 0.571. The van der Waals surface area contributed by atoms with Gasteiger partial charge in [0.25, 0.3) is 0 Å². The number of hydrogen-bond donors (Lipinski definition) is 3. The van der Waals surface area contributed by atoms with Crippen LogP contribution in [0.25, 0.3) is 0 Å². The quantitative estimate of drug-likeness (QED) is 0.421. The number of rotatable bonds is 8. The second-order valence-corrected chi connectivity index (χ2v) is 12.4. The van der Waals surface area contributed by atoms with Crippen LogP contribution in [0.1, 0.15) is 76.1 Å². The molecule has 1 aromatic heterocycles. The molecule has 1 saturated carbocycles. The molecular formula is C28H37Cl2N3O3. The molecule has 1 amide bonds. The Morgan fingerprint density at radius 2 is 1.97 bits per heavy atom. The standard InChI is InChI=1S/C28H37Cl2N3O3/c1-17(34)33-23(12-18-6-7-21(29)22(30)11-18)25(35)16-31-24-14-28(8-5-9-28)36-26-20(24)10-19(15-32-26)13-27(2,3)4/h6-7,10-11,15,23-25,31,35H,5,8-9,12-14,16H2,1-4H3,(H,33,34)/t23-,24-,25+/m0/s1. The zero-order chi connectivity index (χ0) is 26.1. The van der Waals surface area contributed by atoms with Crippen molar-refractivity contribution in [3.05, 3.63) is 57.2 Å². The van der Waals surface area contributed by atoms with Gasteiger partial charge in [0.1, 0.15) is 5.60 Å². The van der Waals surface area contributed by atoms with Gasteiger partial charge in [-0.15, -0.1) is 0 Å². The van der Waals surface area contributed by atoms with Gasteiger partial charge in [0.15, 0.2) is 0 Å². The third kappa shape index (κ3) is 6.71. The van der Waals surface area contributed by atoms with Crippen molar-refractivity contribution in [3.8, 4) is 5.88 Å². The van der Waals surface area contributed by atoms with E-state index in [4.69, 9.17) is 32.9 Å². The zero-order valence-electron chi connectivity index (χ0n) is 21.5. The van der Waals surface area contributed by atoms with Crippen molar-refractivity contribution < 1.29 is 14.6 Å². The minimum absolute atomic E-state index is 0.0130. The maximum absolute atomic E-state index is 11.9. The molecule has 3 atom stereocenters. The molecular weight excluding hydrogens is 497 g/mol. The molecule has 1 aromatic carbocycles. The van der Waals surface area contributed by atoms with Gasteiger partial charge in [0.05, 0.1) is 22.2 Å². The van der Waals surface area contributed by atoms with Crippen molar-refractivity contribution in [2.24, 2.45) is 5.41 Å². The van der Waals surface area contributed by atoms with Crippen LogP contribution in [0.2, 0.25) is 10.0 Å². The number of aliphatic hydroxyl groups excluding tert-OH is 1. The summed E-state index contributed by atoms with van der Waals surface area (Å²) < 4.78 is 6.38. The number of halogens is 2. The highest BCUT2D eigenvalue weighted by Crippen LogP contribution is 2.48. The summed E-state index contributed by atoms with van der Waals surface area (Å²) in [5.74, 6) is 0.500. The van der Waals surface area contributed by atoms with Crippen molar-refractivity contribution in [1.82, 2.24) is 15.6 Å². The average Bonchev–Trinajstić information content (AvgIpc) is 2.76. The molecule has 1 fully saturated rings. The third-order valence-electron chi connectivity index (χ3n) is 7.07. The van der Waals surface area contributed by atoms with Crippen LogP contribution < -0.4 is 15.4 Å². The summed E-state index contributed by atoms with van der Waals surface area (Å²) in [5, 5.41) is 18.6. The highest BCUT2D eigenvalue weighted by atomic mass is 35.5. The lowest BCUT2D eigenvalue weighted by atomic mass is 9.73. The molecule has 196 valence electrons. The topological polar surface area (TPSA) is 83.5 Å². The van der Waals surface area contributed by atoms with Gasteiger partial charge in [-0.25, -0.2) is 4.98 Å². The number of aliphatic hydroxyl groups is 1. The highest BCUT2D eigenvalue weighted by Gasteiger charge is 2.46. The summed E-state index contributed by atoms with van der Waals surface area (Å²) in [4.78, 5) is 16.6. The number of pyridine rings is 1. The van der Waals surface area contributed by atoms with E-state index < -0.39 is 12.1 Å². The van der Waals surface area contributed by atoms with Crippen LogP contribution in [0, 0.1) is 5.41 Å². The van der Waals surface area contributed by atoms with Crippen LogP contribution in [0.4, 0.5) is 0 Å². The van der Waals surface area contributed by atoms with Crippen LogP contribution in [0.5, 0.6) is 5.88 Å². The molecule has 2 aliphatic rings. The summed E-state index contributed by atoms with van der Waals surface area (Å²) in [5.41, 5.74) is 3.09. The summed E-state index contributed by atoms with van der Waals surface area (Å²) in [7, 11) is 0.